The van der Waals surface area contributed by atoms with Crippen molar-refractivity contribution in [1.82, 2.24) is 4.90 Å². The van der Waals surface area contributed by atoms with Gasteiger partial charge >= 0.3 is 0 Å². The van der Waals surface area contributed by atoms with Gasteiger partial charge in [-0.25, -0.2) is 0 Å². The third-order valence-corrected chi connectivity index (χ3v) is 3.96. The van der Waals surface area contributed by atoms with Gasteiger partial charge in [0.05, 0.1) is 0 Å². The van der Waals surface area contributed by atoms with E-state index in [0.717, 1.165) is 19.6 Å². The third-order valence-electron chi connectivity index (χ3n) is 3.96. The molecule has 2 nitrogen and oxygen atoms in total. The number of anilines is 1. The molecule has 2 aromatic carbocycles. The van der Waals surface area contributed by atoms with Crippen LogP contribution in [0.4, 0.5) is 5.69 Å². The van der Waals surface area contributed by atoms with Crippen LogP contribution in [0.15, 0.2) is 54.6 Å². The molecule has 0 unspecified atom stereocenters. The van der Waals surface area contributed by atoms with Gasteiger partial charge in [0.15, 0.2) is 0 Å². The molecule has 1 aliphatic rings. The van der Waals surface area contributed by atoms with Crippen molar-refractivity contribution in [2.75, 3.05) is 25.0 Å². The highest BCUT2D eigenvalue weighted by molar-refractivity contribution is 5.42. The fraction of sp³-hybridized carbons (Fsp3) is 0.333. The highest BCUT2D eigenvalue weighted by Gasteiger charge is 2.13. The first kappa shape index (κ1) is 13.2. The first-order valence-corrected chi connectivity index (χ1v) is 7.50. The Balaban J connectivity index is 1.54. The molecule has 3 rings (SSSR count). The van der Waals surface area contributed by atoms with Gasteiger partial charge in [-0.1, -0.05) is 42.5 Å². The zero-order valence-electron chi connectivity index (χ0n) is 11.9. The van der Waals surface area contributed by atoms with E-state index >= 15 is 0 Å². The highest BCUT2D eigenvalue weighted by Crippen LogP contribution is 2.18. The van der Waals surface area contributed by atoms with Crippen LogP contribution in [-0.2, 0) is 13.0 Å². The lowest BCUT2D eigenvalue weighted by Crippen LogP contribution is -2.28. The molecule has 1 N–H and O–H groups in total. The number of para-hydroxylation sites is 1. The molecule has 0 fully saturated rings. The SMILES string of the molecule is c1ccc(NCCN2CCCc3ccccc3C2)cc1. The number of nitrogens with zero attached hydrogens (tertiary/aromatic N) is 1. The summed E-state index contributed by atoms with van der Waals surface area (Å²) in [5, 5.41) is 3.49. The van der Waals surface area contributed by atoms with E-state index in [-0.39, 0.29) is 0 Å². The Kier molecular flexibility index (Phi) is 4.34. The van der Waals surface area contributed by atoms with E-state index in [1.165, 1.54) is 36.2 Å². The van der Waals surface area contributed by atoms with Gasteiger partial charge in [-0.3, -0.25) is 4.90 Å². The predicted molar refractivity (Wildman–Crippen MR) is 85.0 cm³/mol. The molecule has 0 aromatic heterocycles. The van der Waals surface area contributed by atoms with Crippen LogP contribution in [0.1, 0.15) is 17.5 Å². The van der Waals surface area contributed by atoms with Crippen molar-refractivity contribution < 1.29 is 0 Å². The van der Waals surface area contributed by atoms with E-state index in [9.17, 15) is 0 Å². The van der Waals surface area contributed by atoms with Crippen LogP contribution < -0.4 is 5.32 Å². The topological polar surface area (TPSA) is 15.3 Å². The summed E-state index contributed by atoms with van der Waals surface area (Å²) in [5.74, 6) is 0. The number of hydrogen-bond acceptors (Lipinski definition) is 2. The van der Waals surface area contributed by atoms with Crippen LogP contribution in [0.2, 0.25) is 0 Å². The molecule has 0 bridgehead atoms. The molecular weight excluding hydrogens is 244 g/mol. The molecule has 0 saturated heterocycles. The van der Waals surface area contributed by atoms with E-state index in [4.69, 9.17) is 0 Å². The fourth-order valence-electron chi connectivity index (χ4n) is 2.87. The fourth-order valence-corrected chi connectivity index (χ4v) is 2.87. The monoisotopic (exact) mass is 266 g/mol. The predicted octanol–water partition coefficient (Wildman–Crippen LogP) is 3.55. The second-order valence-electron chi connectivity index (χ2n) is 5.44. The summed E-state index contributed by atoms with van der Waals surface area (Å²) in [4.78, 5) is 2.56. The van der Waals surface area contributed by atoms with Crippen LogP contribution in [0.5, 0.6) is 0 Å². The molecule has 0 aliphatic carbocycles. The lowest BCUT2D eigenvalue weighted by molar-refractivity contribution is 0.280. The van der Waals surface area contributed by atoms with Crippen LogP contribution >= 0.6 is 0 Å². The Bertz CT molecular complexity index is 536. The molecule has 20 heavy (non-hydrogen) atoms. The van der Waals surface area contributed by atoms with Crippen molar-refractivity contribution in [2.24, 2.45) is 0 Å². The van der Waals surface area contributed by atoms with Crippen molar-refractivity contribution in [1.29, 1.82) is 0 Å². The van der Waals surface area contributed by atoms with Crippen LogP contribution in [-0.4, -0.2) is 24.5 Å². The summed E-state index contributed by atoms with van der Waals surface area (Å²) >= 11 is 0. The molecule has 2 heteroatoms. The van der Waals surface area contributed by atoms with Gasteiger partial charge in [0, 0.05) is 25.3 Å². The largest absolute Gasteiger partial charge is 0.384 e. The van der Waals surface area contributed by atoms with Crippen molar-refractivity contribution in [3.63, 3.8) is 0 Å². The van der Waals surface area contributed by atoms with Crippen molar-refractivity contribution in [3.8, 4) is 0 Å². The van der Waals surface area contributed by atoms with Crippen molar-refractivity contribution in [3.05, 3.63) is 65.7 Å². The molecule has 0 saturated carbocycles. The normalized spacial score (nSPS) is 15.4. The summed E-state index contributed by atoms with van der Waals surface area (Å²) in [6.07, 6.45) is 2.49. The van der Waals surface area contributed by atoms with Gasteiger partial charge in [0.25, 0.3) is 0 Å². The van der Waals surface area contributed by atoms with Crippen LogP contribution in [0.25, 0.3) is 0 Å². The zero-order valence-corrected chi connectivity index (χ0v) is 11.9. The summed E-state index contributed by atoms with van der Waals surface area (Å²) in [5.41, 5.74) is 4.25. The van der Waals surface area contributed by atoms with Gasteiger partial charge in [0.2, 0.25) is 0 Å². The second kappa shape index (κ2) is 6.58. The summed E-state index contributed by atoms with van der Waals surface area (Å²) < 4.78 is 0. The number of rotatable bonds is 4. The molecule has 1 heterocycles. The Morgan fingerprint density at radius 2 is 1.65 bits per heavy atom. The molecule has 0 spiro atoms. The van der Waals surface area contributed by atoms with E-state index in [1.807, 2.05) is 0 Å². The zero-order chi connectivity index (χ0) is 13.6. The summed E-state index contributed by atoms with van der Waals surface area (Å²) in [7, 11) is 0. The van der Waals surface area contributed by atoms with Gasteiger partial charge < -0.3 is 5.32 Å². The number of benzene rings is 2. The lowest BCUT2D eigenvalue weighted by atomic mass is 10.0. The van der Waals surface area contributed by atoms with Crippen LogP contribution in [0, 0.1) is 0 Å². The molecule has 2 aromatic rings. The quantitative estimate of drug-likeness (QED) is 0.910. The third kappa shape index (κ3) is 3.40. The first-order valence-electron chi connectivity index (χ1n) is 7.50. The minimum absolute atomic E-state index is 1.01. The van der Waals surface area contributed by atoms with Gasteiger partial charge in [-0.05, 0) is 42.6 Å². The Morgan fingerprint density at radius 3 is 2.50 bits per heavy atom. The van der Waals surface area contributed by atoms with E-state index < -0.39 is 0 Å². The van der Waals surface area contributed by atoms with E-state index in [1.54, 1.807) is 0 Å². The average Bonchev–Trinajstić information content (AvgIpc) is 2.70. The lowest BCUT2D eigenvalue weighted by Gasteiger charge is -2.20. The molecular formula is C18H22N2. The molecule has 1 aliphatic heterocycles. The number of hydrogen-bond donors (Lipinski definition) is 1. The van der Waals surface area contributed by atoms with E-state index in [2.05, 4.69) is 64.8 Å². The molecule has 0 amide bonds. The van der Waals surface area contributed by atoms with Gasteiger partial charge in [0.1, 0.15) is 0 Å². The Morgan fingerprint density at radius 1 is 0.900 bits per heavy atom. The minimum Gasteiger partial charge on any atom is -0.384 e. The van der Waals surface area contributed by atoms with Crippen LogP contribution in [0.3, 0.4) is 0 Å². The number of nitrogens with one attached hydrogen (secondary N) is 1. The minimum atomic E-state index is 1.01. The molecule has 104 valence electrons. The molecule has 0 atom stereocenters. The maximum Gasteiger partial charge on any atom is 0.0340 e. The first-order chi connectivity index (χ1) is 9.92. The summed E-state index contributed by atoms with van der Waals surface area (Å²) in [6.45, 7) is 4.40. The van der Waals surface area contributed by atoms with E-state index in [0.29, 0.717) is 0 Å². The second-order valence-corrected chi connectivity index (χ2v) is 5.44. The summed E-state index contributed by atoms with van der Waals surface area (Å²) in [6, 6.07) is 19.3. The highest BCUT2D eigenvalue weighted by atomic mass is 15.1. The maximum atomic E-state index is 3.49. The standard InChI is InChI=1S/C18H22N2/c1-2-10-18(11-3-1)19-12-14-20-13-6-9-16-7-4-5-8-17(16)15-20/h1-5,7-8,10-11,19H,6,9,12-15H2. The maximum absolute atomic E-state index is 3.49. The molecule has 0 radical (unpaired) electrons. The van der Waals surface area contributed by atoms with Gasteiger partial charge in [-0.15, -0.1) is 0 Å². The Labute approximate surface area is 121 Å². The smallest absolute Gasteiger partial charge is 0.0340 e. The number of fused-ring (bicyclic) bond motifs is 1. The average molecular weight is 266 g/mol. The van der Waals surface area contributed by atoms with Crippen molar-refractivity contribution in [2.45, 2.75) is 19.4 Å². The van der Waals surface area contributed by atoms with Gasteiger partial charge in [-0.2, -0.15) is 0 Å². The number of aryl methyl sites for hydroxylation is 1. The Hall–Kier alpha value is -1.80. The van der Waals surface area contributed by atoms with Crippen molar-refractivity contribution >= 4 is 5.69 Å².